The Morgan fingerprint density at radius 1 is 1.10 bits per heavy atom. The van der Waals surface area contributed by atoms with Crippen molar-refractivity contribution in [2.75, 3.05) is 13.1 Å². The molecule has 4 nitrogen and oxygen atoms in total. The first-order valence-electron chi connectivity index (χ1n) is 10.6. The molecule has 2 fully saturated rings. The van der Waals surface area contributed by atoms with E-state index in [-0.39, 0.29) is 53.0 Å². The highest BCUT2D eigenvalue weighted by atomic mass is 35.5. The van der Waals surface area contributed by atoms with E-state index in [9.17, 15) is 22.8 Å². The summed E-state index contributed by atoms with van der Waals surface area (Å²) < 4.78 is 39.7. The van der Waals surface area contributed by atoms with Gasteiger partial charge in [0.15, 0.2) is 0 Å². The monoisotopic (exact) mass is 444 g/mol. The van der Waals surface area contributed by atoms with Crippen LogP contribution in [-0.4, -0.2) is 35.7 Å². The van der Waals surface area contributed by atoms with Crippen molar-refractivity contribution < 1.29 is 22.8 Å². The lowest BCUT2D eigenvalue weighted by Crippen LogP contribution is -2.48. The van der Waals surface area contributed by atoms with E-state index in [4.69, 9.17) is 17.3 Å². The molecule has 1 aromatic rings. The van der Waals surface area contributed by atoms with E-state index in [0.717, 1.165) is 31.7 Å². The molecule has 1 saturated carbocycles. The third-order valence-corrected chi connectivity index (χ3v) is 6.58. The molecule has 1 saturated heterocycles. The van der Waals surface area contributed by atoms with E-state index in [1.165, 1.54) is 12.1 Å². The van der Waals surface area contributed by atoms with Gasteiger partial charge in [-0.1, -0.05) is 30.5 Å². The fraction of sp³-hybridized carbons (Fsp3) is 0.636. The average molecular weight is 445 g/mol. The molecule has 1 heterocycles. The van der Waals surface area contributed by atoms with E-state index in [0.29, 0.717) is 25.9 Å². The summed E-state index contributed by atoms with van der Waals surface area (Å²) >= 11 is 5.69. The summed E-state index contributed by atoms with van der Waals surface area (Å²) in [5.41, 5.74) is 5.22. The lowest BCUT2D eigenvalue weighted by atomic mass is 9.83. The largest absolute Gasteiger partial charge is 0.416 e. The summed E-state index contributed by atoms with van der Waals surface area (Å²) in [6.45, 7) is 1.16. The predicted molar refractivity (Wildman–Crippen MR) is 109 cm³/mol. The van der Waals surface area contributed by atoms with Gasteiger partial charge in [0, 0.05) is 37.0 Å². The SMILES string of the molecule is N[C@H]1CCCC[C@@H]1C(=O)N1CCC(CC(=O)Cc2ccc(Cl)cc2C(F)(F)F)CC1. The number of hydrogen-bond donors (Lipinski definition) is 1. The molecule has 166 valence electrons. The number of halogens is 4. The zero-order valence-corrected chi connectivity index (χ0v) is 17.6. The van der Waals surface area contributed by atoms with Crippen LogP contribution in [0.5, 0.6) is 0 Å². The van der Waals surface area contributed by atoms with E-state index in [2.05, 4.69) is 0 Å². The second kappa shape index (κ2) is 9.69. The van der Waals surface area contributed by atoms with Crippen molar-refractivity contribution in [3.63, 3.8) is 0 Å². The number of likely N-dealkylation sites (tertiary alicyclic amines) is 1. The molecule has 0 aromatic heterocycles. The van der Waals surface area contributed by atoms with Crippen molar-refractivity contribution >= 4 is 23.3 Å². The maximum absolute atomic E-state index is 13.2. The maximum atomic E-state index is 13.2. The van der Waals surface area contributed by atoms with Gasteiger partial charge >= 0.3 is 6.18 Å². The summed E-state index contributed by atoms with van der Waals surface area (Å²) in [4.78, 5) is 27.1. The number of ketones is 1. The number of Topliss-reactive ketones (excluding diaryl/α,β-unsaturated/α-hetero) is 1. The molecule has 0 unspecified atom stereocenters. The fourth-order valence-electron chi connectivity index (χ4n) is 4.63. The number of benzene rings is 1. The van der Waals surface area contributed by atoms with Crippen LogP contribution in [-0.2, 0) is 22.2 Å². The Morgan fingerprint density at radius 3 is 2.40 bits per heavy atom. The van der Waals surface area contributed by atoms with Gasteiger partial charge in [0.25, 0.3) is 0 Å². The van der Waals surface area contributed by atoms with Crippen LogP contribution in [0.2, 0.25) is 5.02 Å². The number of rotatable bonds is 5. The number of amides is 1. The second-order valence-electron chi connectivity index (χ2n) is 8.54. The zero-order chi connectivity index (χ0) is 21.9. The van der Waals surface area contributed by atoms with Crippen LogP contribution in [0.1, 0.15) is 56.1 Å². The number of carbonyl (C=O) groups excluding carboxylic acids is 2. The second-order valence-corrected chi connectivity index (χ2v) is 8.98. The predicted octanol–water partition coefficient (Wildman–Crippen LogP) is 4.62. The quantitative estimate of drug-likeness (QED) is 0.721. The highest BCUT2D eigenvalue weighted by Crippen LogP contribution is 2.34. The van der Waals surface area contributed by atoms with Crippen molar-refractivity contribution in [1.82, 2.24) is 4.90 Å². The van der Waals surface area contributed by atoms with Gasteiger partial charge in [-0.2, -0.15) is 13.2 Å². The van der Waals surface area contributed by atoms with Crippen LogP contribution in [0.4, 0.5) is 13.2 Å². The summed E-state index contributed by atoms with van der Waals surface area (Å²) in [5, 5.41) is -0.00625. The first kappa shape index (κ1) is 23.1. The molecule has 0 radical (unpaired) electrons. The molecule has 1 amide bonds. The Kier molecular flexibility index (Phi) is 7.45. The van der Waals surface area contributed by atoms with E-state index in [1.807, 2.05) is 4.90 Å². The smallest absolute Gasteiger partial charge is 0.342 e. The number of alkyl halides is 3. The zero-order valence-electron chi connectivity index (χ0n) is 16.9. The van der Waals surface area contributed by atoms with Crippen LogP contribution in [0.3, 0.4) is 0 Å². The van der Waals surface area contributed by atoms with Gasteiger partial charge in [0.05, 0.1) is 11.5 Å². The van der Waals surface area contributed by atoms with Gasteiger partial charge < -0.3 is 10.6 Å². The van der Waals surface area contributed by atoms with Gasteiger partial charge in [-0.15, -0.1) is 0 Å². The lowest BCUT2D eigenvalue weighted by molar-refractivity contribution is -0.139. The van der Waals surface area contributed by atoms with Crippen molar-refractivity contribution in [3.8, 4) is 0 Å². The van der Waals surface area contributed by atoms with Crippen molar-refractivity contribution in [2.45, 2.75) is 63.6 Å². The highest BCUT2D eigenvalue weighted by Gasteiger charge is 2.35. The summed E-state index contributed by atoms with van der Waals surface area (Å²) in [7, 11) is 0. The topological polar surface area (TPSA) is 63.4 Å². The van der Waals surface area contributed by atoms with Crippen LogP contribution in [0.25, 0.3) is 0 Å². The molecular weight excluding hydrogens is 417 g/mol. The number of hydrogen-bond acceptors (Lipinski definition) is 3. The molecule has 1 aliphatic carbocycles. The molecular formula is C22H28ClF3N2O2. The molecule has 2 aliphatic rings. The molecule has 8 heteroatoms. The molecule has 1 aromatic carbocycles. The molecule has 2 atom stereocenters. The minimum absolute atomic E-state index is 0.00625. The standard InChI is InChI=1S/C22H28ClF3N2O2/c23-16-6-5-15(19(13-16)22(24,25)26)12-17(29)11-14-7-9-28(10-8-14)21(30)18-3-1-2-4-20(18)27/h5-6,13-14,18,20H,1-4,7-12,27H2/t18-,20-/m0/s1. The summed E-state index contributed by atoms with van der Waals surface area (Å²) in [6.07, 6.45) is 0.600. The number of nitrogens with zero attached hydrogens (tertiary/aromatic N) is 1. The Balaban J connectivity index is 1.52. The molecule has 30 heavy (non-hydrogen) atoms. The van der Waals surface area contributed by atoms with Crippen molar-refractivity contribution in [2.24, 2.45) is 17.6 Å². The maximum Gasteiger partial charge on any atom is 0.416 e. The van der Waals surface area contributed by atoms with Crippen LogP contribution in [0.15, 0.2) is 18.2 Å². The Labute approximate surface area is 179 Å². The van der Waals surface area contributed by atoms with E-state index < -0.39 is 11.7 Å². The van der Waals surface area contributed by atoms with Crippen LogP contribution < -0.4 is 5.73 Å². The minimum atomic E-state index is -4.55. The molecule has 0 spiro atoms. The Morgan fingerprint density at radius 2 is 1.77 bits per heavy atom. The lowest BCUT2D eigenvalue weighted by Gasteiger charge is -2.37. The third-order valence-electron chi connectivity index (χ3n) is 6.34. The van der Waals surface area contributed by atoms with Gasteiger partial charge in [-0.05, 0) is 49.3 Å². The van der Waals surface area contributed by atoms with Gasteiger partial charge in [-0.3, -0.25) is 9.59 Å². The average Bonchev–Trinajstić information content (AvgIpc) is 2.69. The molecule has 1 aliphatic heterocycles. The summed E-state index contributed by atoms with van der Waals surface area (Å²) in [5.74, 6) is -0.129. The normalized spacial score (nSPS) is 23.4. The first-order chi connectivity index (χ1) is 14.1. The molecule has 0 bridgehead atoms. The number of carbonyl (C=O) groups is 2. The van der Waals surface area contributed by atoms with Crippen molar-refractivity contribution in [3.05, 3.63) is 34.3 Å². The highest BCUT2D eigenvalue weighted by molar-refractivity contribution is 6.30. The van der Waals surface area contributed by atoms with E-state index >= 15 is 0 Å². The third kappa shape index (κ3) is 5.76. The first-order valence-corrected chi connectivity index (χ1v) is 10.9. The molecule has 2 N–H and O–H groups in total. The Bertz CT molecular complexity index is 776. The Hall–Kier alpha value is -1.60. The van der Waals surface area contributed by atoms with Gasteiger partial charge in [0.2, 0.25) is 5.91 Å². The minimum Gasteiger partial charge on any atom is -0.342 e. The summed E-state index contributed by atoms with van der Waals surface area (Å²) in [6, 6.07) is 3.44. The van der Waals surface area contributed by atoms with Crippen LogP contribution >= 0.6 is 11.6 Å². The molecule has 3 rings (SSSR count). The van der Waals surface area contributed by atoms with Crippen molar-refractivity contribution in [1.29, 1.82) is 0 Å². The fourth-order valence-corrected chi connectivity index (χ4v) is 4.80. The number of piperidine rings is 1. The van der Waals surface area contributed by atoms with Crippen LogP contribution in [0, 0.1) is 11.8 Å². The van der Waals surface area contributed by atoms with Gasteiger partial charge in [-0.25, -0.2) is 0 Å². The van der Waals surface area contributed by atoms with E-state index in [1.54, 1.807) is 0 Å². The number of nitrogens with two attached hydrogens (primary N) is 1. The van der Waals surface area contributed by atoms with Gasteiger partial charge in [0.1, 0.15) is 5.78 Å².